The Morgan fingerprint density at radius 2 is 1.50 bits per heavy atom. The van der Waals surface area contributed by atoms with Crippen molar-refractivity contribution in [2.45, 2.75) is 19.4 Å². The van der Waals surface area contributed by atoms with Crippen LogP contribution in [0.1, 0.15) is 14.0 Å². The van der Waals surface area contributed by atoms with Crippen LogP contribution in [0.2, 0.25) is 25.1 Å². The van der Waals surface area contributed by atoms with Crippen molar-refractivity contribution < 1.29 is 26.3 Å². The number of imidazole rings is 1. The minimum atomic E-state index is -1.00. The van der Waals surface area contributed by atoms with E-state index < -0.39 is 18.0 Å². The largest absolute Gasteiger partial charge is 1.00 e. The van der Waals surface area contributed by atoms with E-state index in [1.165, 1.54) is 6.33 Å². The van der Waals surface area contributed by atoms with E-state index in [9.17, 15) is 9.90 Å². The Morgan fingerprint density at radius 1 is 1.06 bits per heavy atom. The van der Waals surface area contributed by atoms with Crippen molar-refractivity contribution in [1.29, 1.82) is 0 Å². The number of thiophene rings is 1. The summed E-state index contributed by atoms with van der Waals surface area (Å²) in [5.74, 6) is -2.20. The number of nitrogens with two attached hydrogens (primary N) is 1. The van der Waals surface area contributed by atoms with Crippen LogP contribution in [0.3, 0.4) is 0 Å². The first kappa shape index (κ1) is 30.3. The van der Waals surface area contributed by atoms with Gasteiger partial charge < -0.3 is 26.0 Å². The number of aromatic nitrogens is 2. The number of carbonyl (C=O) groups is 2. The SMILES string of the molecule is CC(=O)O.N[C@@H](Cc1cnc[nH]1)C(=O)O.Oc1c(Cl)c(Cl)c(Cl)c(Cl)c1Cl.[H+].c1ccsc1. The van der Waals surface area contributed by atoms with Crippen molar-refractivity contribution in [3.05, 3.63) is 66.2 Å². The number of carboxylic acid groups (broad SMARTS) is 2. The second-order valence-electron chi connectivity index (χ2n) is 5.46. The molecular weight excluding hydrogens is 548 g/mol. The number of hydrogen-bond acceptors (Lipinski definition) is 6. The molecule has 14 heteroatoms. The highest BCUT2D eigenvalue weighted by Crippen LogP contribution is 2.47. The normalized spacial score (nSPS) is 10.3. The molecule has 0 aliphatic carbocycles. The number of carboxylic acids is 2. The van der Waals surface area contributed by atoms with Gasteiger partial charge in [0.25, 0.3) is 5.97 Å². The van der Waals surface area contributed by atoms with Crippen LogP contribution < -0.4 is 5.73 Å². The molecule has 1 aromatic carbocycles. The van der Waals surface area contributed by atoms with E-state index >= 15 is 0 Å². The van der Waals surface area contributed by atoms with Crippen LogP contribution in [0.25, 0.3) is 0 Å². The second-order valence-corrected chi connectivity index (χ2v) is 8.16. The predicted octanol–water partition coefficient (Wildman–Crippen LogP) is 5.97. The molecule has 3 rings (SSSR count). The topological polar surface area (TPSA) is 150 Å². The molecule has 2 aromatic heterocycles. The van der Waals surface area contributed by atoms with Crippen LogP contribution in [0.15, 0.2) is 35.4 Å². The van der Waals surface area contributed by atoms with E-state index in [1.807, 2.05) is 22.9 Å². The summed E-state index contributed by atoms with van der Waals surface area (Å²) in [6, 6.07) is 3.19. The Labute approximate surface area is 214 Å². The molecular formula is C18H19Cl5N3O5S+. The third-order valence-corrected chi connectivity index (χ3v) is 5.81. The van der Waals surface area contributed by atoms with Crippen LogP contribution in [-0.2, 0) is 16.0 Å². The number of phenolic OH excluding ortho intramolecular Hbond substituents is 1. The molecule has 0 saturated heterocycles. The number of hydrogen-bond donors (Lipinski definition) is 5. The number of benzene rings is 1. The third-order valence-electron chi connectivity index (χ3n) is 2.92. The number of nitrogens with one attached hydrogen (secondary N) is 1. The van der Waals surface area contributed by atoms with Crippen molar-refractivity contribution in [3.63, 3.8) is 0 Å². The fraction of sp³-hybridized carbons (Fsp3) is 0.167. The van der Waals surface area contributed by atoms with E-state index in [0.717, 1.165) is 12.6 Å². The number of halogens is 5. The van der Waals surface area contributed by atoms with Gasteiger partial charge in [-0.1, -0.05) is 70.1 Å². The van der Waals surface area contributed by atoms with Gasteiger partial charge in [-0.3, -0.25) is 9.59 Å². The standard InChI is InChI=1S/C6HCl5O.C6H9N3O2.C4H4S.C2H4O2/c7-1-2(8)4(10)6(12)5(11)3(1)9;7-5(6(10)11)1-4-2-8-3-9-4;1-2-4-5-3-1;1-2(3)4/h12H;2-3,5H,1,7H2,(H,8,9)(H,10,11);1-4H;1H3,(H,3,4)/p+1/t;5-;;/m.0../s1. The maximum atomic E-state index is 10.3. The van der Waals surface area contributed by atoms with E-state index in [2.05, 4.69) is 9.97 Å². The summed E-state index contributed by atoms with van der Waals surface area (Å²) in [6.45, 7) is 1.08. The highest BCUT2D eigenvalue weighted by molar-refractivity contribution is 7.07. The first-order valence-corrected chi connectivity index (χ1v) is 11.1. The average molecular weight is 567 g/mol. The number of H-pyrrole nitrogens is 1. The third kappa shape index (κ3) is 11.8. The first-order chi connectivity index (χ1) is 14.9. The van der Waals surface area contributed by atoms with E-state index in [0.29, 0.717) is 0 Å². The molecule has 0 radical (unpaired) electrons. The van der Waals surface area contributed by atoms with Gasteiger partial charge in [0.15, 0.2) is 5.75 Å². The number of nitrogens with zero attached hydrogens (tertiary/aromatic N) is 1. The predicted molar refractivity (Wildman–Crippen MR) is 130 cm³/mol. The number of rotatable bonds is 3. The molecule has 1 atom stereocenters. The summed E-state index contributed by atoms with van der Waals surface area (Å²) >= 11 is 29.6. The van der Waals surface area contributed by atoms with Crippen LogP contribution in [-0.4, -0.2) is 43.3 Å². The monoisotopic (exact) mass is 564 g/mol. The molecule has 0 aliphatic heterocycles. The van der Waals surface area contributed by atoms with Gasteiger partial charge in [0.1, 0.15) is 16.1 Å². The maximum Gasteiger partial charge on any atom is 1.00 e. The molecule has 2 heterocycles. The molecule has 0 fully saturated rings. The van der Waals surface area contributed by atoms with Crippen LogP contribution >= 0.6 is 69.3 Å². The van der Waals surface area contributed by atoms with Crippen molar-refractivity contribution in [3.8, 4) is 5.75 Å². The fourth-order valence-corrected chi connectivity index (χ4v) is 3.12. The van der Waals surface area contributed by atoms with Crippen LogP contribution in [0.4, 0.5) is 0 Å². The zero-order valence-corrected chi connectivity index (χ0v) is 20.8. The Morgan fingerprint density at radius 3 is 1.81 bits per heavy atom. The fourth-order valence-electron chi connectivity index (χ4n) is 1.54. The Bertz CT molecular complexity index is 852. The zero-order valence-electron chi connectivity index (χ0n) is 17.2. The van der Waals surface area contributed by atoms with Gasteiger partial charge in [0.05, 0.1) is 21.4 Å². The Kier molecular flexibility index (Phi) is 15.1. The highest BCUT2D eigenvalue weighted by atomic mass is 35.5. The van der Waals surface area contributed by atoms with Crippen molar-refractivity contribution in [1.82, 2.24) is 9.97 Å². The maximum absolute atomic E-state index is 10.3. The lowest BCUT2D eigenvalue weighted by Gasteiger charge is -2.06. The van der Waals surface area contributed by atoms with Crippen molar-refractivity contribution in [2.75, 3.05) is 0 Å². The molecule has 6 N–H and O–H groups in total. The van der Waals surface area contributed by atoms with Gasteiger partial charge >= 0.3 is 7.40 Å². The van der Waals surface area contributed by atoms with Gasteiger partial charge in [-0.25, -0.2) is 4.98 Å². The average Bonchev–Trinajstić information content (AvgIpc) is 3.46. The van der Waals surface area contributed by atoms with Gasteiger partial charge in [-0.2, -0.15) is 11.3 Å². The van der Waals surface area contributed by atoms with Gasteiger partial charge in [0, 0.05) is 25.2 Å². The summed E-state index contributed by atoms with van der Waals surface area (Å²) < 4.78 is 0. The first-order valence-electron chi connectivity index (χ1n) is 8.22. The highest BCUT2D eigenvalue weighted by Gasteiger charge is 2.18. The number of aromatic hydroxyl groups is 1. The Balaban J connectivity index is 0. The minimum Gasteiger partial charge on any atom is -0.505 e. The molecule has 0 bridgehead atoms. The number of aromatic amines is 1. The van der Waals surface area contributed by atoms with Gasteiger partial charge in [0.2, 0.25) is 0 Å². The van der Waals surface area contributed by atoms with E-state index in [4.69, 9.17) is 78.7 Å². The lowest BCUT2D eigenvalue weighted by molar-refractivity contribution is -0.138. The smallest absolute Gasteiger partial charge is 0.505 e. The molecule has 0 unspecified atom stereocenters. The van der Waals surface area contributed by atoms with Crippen LogP contribution in [0.5, 0.6) is 5.75 Å². The Hall–Kier alpha value is -1.72. The number of phenols is 1. The zero-order chi connectivity index (χ0) is 24.8. The second kappa shape index (κ2) is 16.0. The molecule has 0 spiro atoms. The lowest BCUT2D eigenvalue weighted by atomic mass is 10.2. The summed E-state index contributed by atoms with van der Waals surface area (Å²) in [4.78, 5) is 25.8. The van der Waals surface area contributed by atoms with Crippen molar-refractivity contribution >= 4 is 81.3 Å². The summed E-state index contributed by atoms with van der Waals surface area (Å²) in [7, 11) is 0. The van der Waals surface area contributed by atoms with E-state index in [1.54, 1.807) is 17.5 Å². The van der Waals surface area contributed by atoms with Crippen LogP contribution in [0, 0.1) is 0 Å². The summed E-state index contributed by atoms with van der Waals surface area (Å²) in [5.41, 5.74) is 6.00. The molecule has 3 aromatic rings. The molecule has 32 heavy (non-hydrogen) atoms. The van der Waals surface area contributed by atoms with E-state index in [-0.39, 0.29) is 38.7 Å². The van der Waals surface area contributed by atoms with Crippen molar-refractivity contribution in [2.24, 2.45) is 5.73 Å². The minimum absolute atomic E-state index is 0. The summed E-state index contributed by atoms with van der Waals surface area (Å²) in [5, 5.41) is 28.9. The quantitative estimate of drug-likeness (QED) is 0.193. The summed E-state index contributed by atoms with van der Waals surface area (Å²) in [6.07, 6.45) is 3.34. The van der Waals surface area contributed by atoms with Gasteiger partial charge in [-0.05, 0) is 10.8 Å². The molecule has 0 saturated carbocycles. The molecule has 176 valence electrons. The lowest BCUT2D eigenvalue weighted by Crippen LogP contribution is -2.32. The number of aliphatic carboxylic acids is 2. The molecule has 0 aliphatic rings. The molecule has 0 amide bonds. The van der Waals surface area contributed by atoms with Gasteiger partial charge in [-0.15, -0.1) is 0 Å². The molecule has 8 nitrogen and oxygen atoms in total.